The monoisotopic (exact) mass is 464 g/mol. The molecule has 1 amide bonds. The van der Waals surface area contributed by atoms with Gasteiger partial charge in [0.05, 0.1) is 24.1 Å². The molecule has 0 unspecified atom stereocenters. The molecular weight excluding hydrogens is 436 g/mol. The van der Waals surface area contributed by atoms with Gasteiger partial charge in [0.2, 0.25) is 5.91 Å². The maximum atomic E-state index is 12.7. The second kappa shape index (κ2) is 10.7. The Bertz CT molecular complexity index is 1160. The Morgan fingerprint density at radius 1 is 1.15 bits per heavy atom. The number of carbonyl (C=O) groups is 1. The molecule has 33 heavy (non-hydrogen) atoms. The van der Waals surface area contributed by atoms with E-state index in [2.05, 4.69) is 20.2 Å². The third kappa shape index (κ3) is 6.24. The number of nitrogens with zero attached hydrogens (tertiary/aromatic N) is 2. The van der Waals surface area contributed by atoms with Gasteiger partial charge in [-0.25, -0.2) is 4.98 Å². The van der Waals surface area contributed by atoms with E-state index < -0.39 is 0 Å². The number of hydrogen-bond donors (Lipinski definition) is 2. The number of amides is 1. The van der Waals surface area contributed by atoms with Crippen LogP contribution < -0.4 is 15.6 Å². The Labute approximate surface area is 197 Å². The Hall–Kier alpha value is -3.10. The molecule has 1 aromatic heterocycles. The highest BCUT2D eigenvalue weighted by Gasteiger charge is 2.21. The molecule has 0 fully saturated rings. The fraction of sp³-hybridized carbons (Fsp3) is 0.320. The van der Waals surface area contributed by atoms with Gasteiger partial charge in [-0.05, 0) is 30.2 Å². The van der Waals surface area contributed by atoms with Gasteiger partial charge in [0.1, 0.15) is 5.75 Å². The van der Waals surface area contributed by atoms with Crippen LogP contribution in [-0.4, -0.2) is 40.2 Å². The number of rotatable bonds is 8. The lowest BCUT2D eigenvalue weighted by atomic mass is 10.1. The summed E-state index contributed by atoms with van der Waals surface area (Å²) >= 11 is 1.26. The van der Waals surface area contributed by atoms with Crippen molar-refractivity contribution < 1.29 is 9.53 Å². The summed E-state index contributed by atoms with van der Waals surface area (Å²) in [5.41, 5.74) is 4.83. The minimum atomic E-state index is -0.123. The fourth-order valence-electron chi connectivity index (χ4n) is 3.74. The molecule has 0 saturated heterocycles. The minimum absolute atomic E-state index is 0.0911. The molecule has 4 rings (SSSR count). The Morgan fingerprint density at radius 2 is 1.88 bits per heavy atom. The topological polar surface area (TPSA) is 87.3 Å². The number of thioether (sulfide) groups is 1. The fourth-order valence-corrected chi connectivity index (χ4v) is 4.45. The quantitative estimate of drug-likeness (QED) is 0.394. The van der Waals surface area contributed by atoms with Gasteiger partial charge in [0.15, 0.2) is 5.16 Å². The molecule has 0 bridgehead atoms. The molecule has 1 aliphatic heterocycles. The van der Waals surface area contributed by atoms with Gasteiger partial charge in [-0.1, -0.05) is 53.7 Å². The average molecular weight is 465 g/mol. The van der Waals surface area contributed by atoms with Crippen LogP contribution in [-0.2, 0) is 30.8 Å². The number of aromatic nitrogens is 2. The first-order valence-electron chi connectivity index (χ1n) is 10.9. The van der Waals surface area contributed by atoms with Crippen molar-refractivity contribution in [3.8, 4) is 5.75 Å². The molecule has 7 nitrogen and oxygen atoms in total. The van der Waals surface area contributed by atoms with Gasteiger partial charge in [-0.2, -0.15) is 0 Å². The molecule has 8 heteroatoms. The van der Waals surface area contributed by atoms with Crippen LogP contribution in [0, 0.1) is 6.92 Å². The van der Waals surface area contributed by atoms with Crippen LogP contribution >= 0.6 is 11.8 Å². The summed E-state index contributed by atoms with van der Waals surface area (Å²) in [7, 11) is 1.65. The Balaban J connectivity index is 1.31. The molecule has 2 N–H and O–H groups in total. The number of aryl methyl sites for hydroxylation is 1. The largest absolute Gasteiger partial charge is 0.497 e. The number of hydrogen-bond acceptors (Lipinski definition) is 6. The number of H-pyrrole nitrogens is 1. The van der Waals surface area contributed by atoms with Crippen LogP contribution in [0.15, 0.2) is 58.5 Å². The van der Waals surface area contributed by atoms with Crippen LogP contribution in [0.25, 0.3) is 0 Å². The number of carbonyl (C=O) groups excluding carboxylic acids is 1. The number of methoxy groups -OCH3 is 1. The lowest BCUT2D eigenvalue weighted by molar-refractivity contribution is -0.118. The standard InChI is InChI=1S/C25H28N4O3S/c1-17-3-5-18(6-4-17)13-26-23(30)16-33-25-27-22-11-12-29(15-21(22)24(31)28-25)14-19-7-9-20(32-2)10-8-19/h3-10H,11-16H2,1-2H3,(H,26,30)(H,27,28,31). The molecular formula is C25H28N4O3S. The summed E-state index contributed by atoms with van der Waals surface area (Å²) in [6.45, 7) is 4.67. The number of fused-ring (bicyclic) bond motifs is 1. The molecule has 0 radical (unpaired) electrons. The maximum Gasteiger partial charge on any atom is 0.256 e. The molecule has 2 aromatic carbocycles. The summed E-state index contributed by atoms with van der Waals surface area (Å²) in [5, 5.41) is 3.40. The summed E-state index contributed by atoms with van der Waals surface area (Å²) in [4.78, 5) is 34.6. The summed E-state index contributed by atoms with van der Waals surface area (Å²) < 4.78 is 5.21. The van der Waals surface area contributed by atoms with Gasteiger partial charge in [0.25, 0.3) is 5.56 Å². The normalized spacial score (nSPS) is 13.4. The predicted molar refractivity (Wildman–Crippen MR) is 129 cm³/mol. The van der Waals surface area contributed by atoms with E-state index in [9.17, 15) is 9.59 Å². The first-order valence-corrected chi connectivity index (χ1v) is 11.9. The highest BCUT2D eigenvalue weighted by Crippen LogP contribution is 2.20. The molecule has 3 aromatic rings. The number of nitrogens with one attached hydrogen (secondary N) is 2. The number of benzene rings is 2. The van der Waals surface area contributed by atoms with Crippen molar-refractivity contribution in [3.05, 3.63) is 86.8 Å². The first-order chi connectivity index (χ1) is 16.0. The number of ether oxygens (including phenoxy) is 1. The Morgan fingerprint density at radius 3 is 2.61 bits per heavy atom. The van der Waals surface area contributed by atoms with Crippen LogP contribution in [0.2, 0.25) is 0 Å². The summed E-state index contributed by atoms with van der Waals surface area (Å²) in [6.07, 6.45) is 0.711. The molecule has 0 saturated carbocycles. The van der Waals surface area contributed by atoms with E-state index >= 15 is 0 Å². The van der Waals surface area contributed by atoms with Gasteiger partial charge >= 0.3 is 0 Å². The van der Waals surface area contributed by atoms with E-state index in [-0.39, 0.29) is 17.2 Å². The predicted octanol–water partition coefficient (Wildman–Crippen LogP) is 3.05. The van der Waals surface area contributed by atoms with E-state index in [1.807, 2.05) is 55.5 Å². The van der Waals surface area contributed by atoms with E-state index in [0.717, 1.165) is 30.1 Å². The lowest BCUT2D eigenvalue weighted by Crippen LogP contribution is -2.35. The summed E-state index contributed by atoms with van der Waals surface area (Å²) in [5.74, 6) is 0.945. The highest BCUT2D eigenvalue weighted by atomic mass is 32.2. The average Bonchev–Trinajstić information content (AvgIpc) is 2.83. The van der Waals surface area contributed by atoms with Gasteiger partial charge in [-0.15, -0.1) is 0 Å². The van der Waals surface area contributed by atoms with Gasteiger partial charge < -0.3 is 15.0 Å². The van der Waals surface area contributed by atoms with E-state index in [1.54, 1.807) is 7.11 Å². The van der Waals surface area contributed by atoms with Gasteiger partial charge in [-0.3, -0.25) is 14.5 Å². The number of aromatic amines is 1. The third-order valence-corrected chi connectivity index (χ3v) is 6.51. The zero-order valence-electron chi connectivity index (χ0n) is 18.9. The molecule has 0 aliphatic carbocycles. The van der Waals surface area contributed by atoms with Crippen molar-refractivity contribution in [1.29, 1.82) is 0 Å². The van der Waals surface area contributed by atoms with E-state index in [4.69, 9.17) is 4.74 Å². The lowest BCUT2D eigenvalue weighted by Gasteiger charge is -2.27. The van der Waals surface area contributed by atoms with Crippen LogP contribution in [0.5, 0.6) is 5.75 Å². The van der Waals surface area contributed by atoms with E-state index in [1.165, 1.54) is 22.9 Å². The molecule has 0 atom stereocenters. The maximum absolute atomic E-state index is 12.7. The van der Waals surface area contributed by atoms with Crippen molar-refractivity contribution in [2.45, 2.75) is 38.1 Å². The van der Waals surface area contributed by atoms with Crippen LogP contribution in [0.3, 0.4) is 0 Å². The zero-order chi connectivity index (χ0) is 23.2. The highest BCUT2D eigenvalue weighted by molar-refractivity contribution is 7.99. The smallest absolute Gasteiger partial charge is 0.256 e. The van der Waals surface area contributed by atoms with Crippen molar-refractivity contribution >= 4 is 17.7 Å². The van der Waals surface area contributed by atoms with Gasteiger partial charge in [0, 0.05) is 32.6 Å². The van der Waals surface area contributed by atoms with Crippen molar-refractivity contribution in [1.82, 2.24) is 20.2 Å². The zero-order valence-corrected chi connectivity index (χ0v) is 19.7. The second-order valence-electron chi connectivity index (χ2n) is 8.16. The first kappa shape index (κ1) is 23.1. The van der Waals surface area contributed by atoms with Crippen molar-refractivity contribution in [2.24, 2.45) is 0 Å². The van der Waals surface area contributed by atoms with Crippen LogP contribution in [0.4, 0.5) is 0 Å². The third-order valence-electron chi connectivity index (χ3n) is 5.64. The van der Waals surface area contributed by atoms with E-state index in [0.29, 0.717) is 30.2 Å². The molecule has 1 aliphatic rings. The minimum Gasteiger partial charge on any atom is -0.497 e. The second-order valence-corrected chi connectivity index (χ2v) is 9.12. The van der Waals surface area contributed by atoms with Crippen molar-refractivity contribution in [2.75, 3.05) is 19.4 Å². The van der Waals surface area contributed by atoms with Crippen molar-refractivity contribution in [3.63, 3.8) is 0 Å². The summed E-state index contributed by atoms with van der Waals surface area (Å²) in [6, 6.07) is 16.0. The SMILES string of the molecule is COc1ccc(CN2CCc3nc(SCC(=O)NCc4ccc(C)cc4)[nH]c(=O)c3C2)cc1. The Kier molecular flexibility index (Phi) is 7.47. The van der Waals surface area contributed by atoms with Crippen LogP contribution in [0.1, 0.15) is 27.9 Å². The molecule has 2 heterocycles. The molecule has 0 spiro atoms. The molecule has 172 valence electrons.